The summed E-state index contributed by atoms with van der Waals surface area (Å²) in [7, 11) is -2.82. The minimum Gasteiger partial charge on any atom is -0.389 e. The lowest BCUT2D eigenvalue weighted by Crippen LogP contribution is -2.33. The van der Waals surface area contributed by atoms with Crippen LogP contribution in [-0.4, -0.2) is 50.8 Å². The van der Waals surface area contributed by atoms with Gasteiger partial charge < -0.3 is 15.2 Å². The molecule has 1 aromatic rings. The molecule has 0 radical (unpaired) electrons. The van der Waals surface area contributed by atoms with Crippen molar-refractivity contribution in [3.8, 4) is 0 Å². The molecule has 1 aromatic carbocycles. The van der Waals surface area contributed by atoms with Crippen molar-refractivity contribution in [2.24, 2.45) is 5.92 Å². The molecule has 0 spiro atoms. The Kier molecular flexibility index (Phi) is 6.17. The zero-order valence-corrected chi connectivity index (χ0v) is 12.9. The highest BCUT2D eigenvalue weighted by atomic mass is 32.2. The number of sulfone groups is 1. The average Bonchev–Trinajstić information content (AvgIpc) is 2.79. The van der Waals surface area contributed by atoms with Crippen LogP contribution < -0.4 is 5.32 Å². The molecule has 2 N–H and O–H groups in total. The van der Waals surface area contributed by atoms with E-state index in [-0.39, 0.29) is 18.3 Å². The van der Waals surface area contributed by atoms with Gasteiger partial charge >= 0.3 is 0 Å². The molecular formula is C15H23NO4S. The van der Waals surface area contributed by atoms with Crippen molar-refractivity contribution in [2.75, 3.05) is 31.2 Å². The lowest BCUT2D eigenvalue weighted by atomic mass is 10.1. The van der Waals surface area contributed by atoms with Gasteiger partial charge in [-0.1, -0.05) is 30.3 Å². The first-order chi connectivity index (χ1) is 10.1. The molecule has 1 heterocycles. The SMILES string of the molecule is O=S1(=O)CCC(CNCC(O)COCc2ccccc2)C1. The number of benzene rings is 1. The van der Waals surface area contributed by atoms with Crippen LogP contribution in [0.2, 0.25) is 0 Å². The van der Waals surface area contributed by atoms with Crippen molar-refractivity contribution >= 4 is 9.84 Å². The molecule has 6 heteroatoms. The number of ether oxygens (including phenoxy) is 1. The summed E-state index contributed by atoms with van der Waals surface area (Å²) < 4.78 is 28.1. The first-order valence-corrected chi connectivity index (χ1v) is 9.08. The first kappa shape index (κ1) is 16.4. The van der Waals surface area contributed by atoms with E-state index in [1.54, 1.807) is 0 Å². The zero-order valence-electron chi connectivity index (χ0n) is 12.1. The van der Waals surface area contributed by atoms with Gasteiger partial charge in [0.2, 0.25) is 0 Å². The van der Waals surface area contributed by atoms with Gasteiger partial charge in [-0.05, 0) is 24.4 Å². The van der Waals surface area contributed by atoms with Crippen LogP contribution in [0.1, 0.15) is 12.0 Å². The van der Waals surface area contributed by atoms with Crippen LogP contribution in [0.5, 0.6) is 0 Å². The van der Waals surface area contributed by atoms with Crippen molar-refractivity contribution < 1.29 is 18.3 Å². The number of nitrogens with one attached hydrogen (secondary N) is 1. The van der Waals surface area contributed by atoms with Crippen molar-refractivity contribution in [2.45, 2.75) is 19.1 Å². The largest absolute Gasteiger partial charge is 0.389 e. The van der Waals surface area contributed by atoms with Gasteiger partial charge in [-0.15, -0.1) is 0 Å². The van der Waals surface area contributed by atoms with Crippen LogP contribution in [0.25, 0.3) is 0 Å². The highest BCUT2D eigenvalue weighted by molar-refractivity contribution is 7.91. The Labute approximate surface area is 126 Å². The van der Waals surface area contributed by atoms with Crippen LogP contribution in [0.3, 0.4) is 0 Å². The maximum atomic E-state index is 11.3. The summed E-state index contributed by atoms with van der Waals surface area (Å²) in [6.07, 6.45) is 0.141. The normalized spacial score (nSPS) is 22.2. The van der Waals surface area contributed by atoms with E-state index in [1.807, 2.05) is 30.3 Å². The van der Waals surface area contributed by atoms with Crippen molar-refractivity contribution in [3.63, 3.8) is 0 Å². The maximum absolute atomic E-state index is 11.3. The van der Waals surface area contributed by atoms with Gasteiger partial charge in [0, 0.05) is 6.54 Å². The van der Waals surface area contributed by atoms with E-state index < -0.39 is 15.9 Å². The van der Waals surface area contributed by atoms with E-state index in [9.17, 15) is 13.5 Å². The molecule has 0 amide bonds. The Balaban J connectivity index is 1.55. The molecule has 118 valence electrons. The second-order valence-electron chi connectivity index (χ2n) is 5.58. The van der Waals surface area contributed by atoms with E-state index in [4.69, 9.17) is 4.74 Å². The van der Waals surface area contributed by atoms with Crippen LogP contribution in [0, 0.1) is 5.92 Å². The molecule has 1 aliphatic rings. The number of hydrogen-bond donors (Lipinski definition) is 2. The lowest BCUT2D eigenvalue weighted by molar-refractivity contribution is 0.0286. The molecule has 2 unspecified atom stereocenters. The molecule has 2 rings (SSSR count). The summed E-state index contributed by atoms with van der Waals surface area (Å²) in [6, 6.07) is 9.81. The minimum absolute atomic E-state index is 0.174. The Morgan fingerprint density at radius 3 is 2.76 bits per heavy atom. The Bertz CT molecular complexity index is 518. The number of hydrogen-bond acceptors (Lipinski definition) is 5. The monoisotopic (exact) mass is 313 g/mol. The minimum atomic E-state index is -2.82. The molecular weight excluding hydrogens is 290 g/mol. The molecule has 0 aromatic heterocycles. The standard InChI is InChI=1S/C15H23NO4S/c17-15(11-20-10-13-4-2-1-3-5-13)9-16-8-14-6-7-21(18,19)12-14/h1-5,14-17H,6-12H2. The van der Waals surface area contributed by atoms with E-state index in [0.29, 0.717) is 25.4 Å². The average molecular weight is 313 g/mol. The van der Waals surface area contributed by atoms with Crippen LogP contribution >= 0.6 is 0 Å². The second-order valence-corrected chi connectivity index (χ2v) is 7.81. The van der Waals surface area contributed by atoms with Crippen molar-refractivity contribution in [1.29, 1.82) is 0 Å². The molecule has 1 fully saturated rings. The Morgan fingerprint density at radius 1 is 1.33 bits per heavy atom. The van der Waals surface area contributed by atoms with Crippen molar-refractivity contribution in [1.82, 2.24) is 5.32 Å². The summed E-state index contributed by atoms with van der Waals surface area (Å²) in [5, 5.41) is 12.9. The van der Waals surface area contributed by atoms with Gasteiger partial charge in [-0.25, -0.2) is 8.42 Å². The number of aliphatic hydroxyl groups is 1. The van der Waals surface area contributed by atoms with Gasteiger partial charge in [-0.2, -0.15) is 0 Å². The smallest absolute Gasteiger partial charge is 0.150 e. The molecule has 0 saturated carbocycles. The molecule has 5 nitrogen and oxygen atoms in total. The lowest BCUT2D eigenvalue weighted by Gasteiger charge is -2.14. The van der Waals surface area contributed by atoms with E-state index in [1.165, 1.54) is 0 Å². The quantitative estimate of drug-likeness (QED) is 0.734. The maximum Gasteiger partial charge on any atom is 0.150 e. The van der Waals surface area contributed by atoms with E-state index in [2.05, 4.69) is 5.32 Å². The second kappa shape index (κ2) is 7.89. The predicted octanol–water partition coefficient (Wildman–Crippen LogP) is 0.588. The van der Waals surface area contributed by atoms with Crippen molar-refractivity contribution in [3.05, 3.63) is 35.9 Å². The molecule has 1 aliphatic heterocycles. The number of aliphatic hydroxyl groups excluding tert-OH is 1. The Morgan fingerprint density at radius 2 is 2.10 bits per heavy atom. The fraction of sp³-hybridized carbons (Fsp3) is 0.600. The summed E-state index contributed by atoms with van der Waals surface area (Å²) in [5.41, 5.74) is 1.08. The van der Waals surface area contributed by atoms with Gasteiger partial charge in [0.25, 0.3) is 0 Å². The molecule has 21 heavy (non-hydrogen) atoms. The van der Waals surface area contributed by atoms with Gasteiger partial charge in [0.1, 0.15) is 0 Å². The summed E-state index contributed by atoms with van der Waals surface area (Å²) in [4.78, 5) is 0. The third kappa shape index (κ3) is 6.13. The topological polar surface area (TPSA) is 75.6 Å². The Hall–Kier alpha value is -0.950. The summed E-state index contributed by atoms with van der Waals surface area (Å²) in [5.74, 6) is 0.732. The predicted molar refractivity (Wildman–Crippen MR) is 81.7 cm³/mol. The summed E-state index contributed by atoms with van der Waals surface area (Å²) >= 11 is 0. The number of rotatable bonds is 8. The van der Waals surface area contributed by atoms with Crippen LogP contribution in [0.15, 0.2) is 30.3 Å². The highest BCUT2D eigenvalue weighted by Gasteiger charge is 2.27. The molecule has 1 saturated heterocycles. The first-order valence-electron chi connectivity index (χ1n) is 7.26. The molecule has 0 aliphatic carbocycles. The van der Waals surface area contributed by atoms with E-state index in [0.717, 1.165) is 12.0 Å². The highest BCUT2D eigenvalue weighted by Crippen LogP contribution is 2.17. The third-order valence-corrected chi connectivity index (χ3v) is 5.40. The molecule has 2 atom stereocenters. The van der Waals surface area contributed by atoms with Crippen LogP contribution in [0.4, 0.5) is 0 Å². The van der Waals surface area contributed by atoms with Gasteiger partial charge in [-0.3, -0.25) is 0 Å². The fourth-order valence-corrected chi connectivity index (χ4v) is 4.29. The zero-order chi connectivity index (χ0) is 15.1. The van der Waals surface area contributed by atoms with Gasteiger partial charge in [0.05, 0.1) is 30.8 Å². The third-order valence-electron chi connectivity index (χ3n) is 3.56. The van der Waals surface area contributed by atoms with E-state index >= 15 is 0 Å². The van der Waals surface area contributed by atoms with Gasteiger partial charge in [0.15, 0.2) is 9.84 Å². The fourth-order valence-electron chi connectivity index (χ4n) is 2.43. The summed E-state index contributed by atoms with van der Waals surface area (Å²) in [6.45, 7) is 1.81. The van der Waals surface area contributed by atoms with Crippen LogP contribution in [-0.2, 0) is 21.2 Å². The molecule has 0 bridgehead atoms.